The van der Waals surface area contributed by atoms with E-state index in [0.717, 1.165) is 26.3 Å². The summed E-state index contributed by atoms with van der Waals surface area (Å²) >= 11 is 0. The van der Waals surface area contributed by atoms with E-state index in [-0.39, 0.29) is 5.54 Å². The highest BCUT2D eigenvalue weighted by atomic mass is 16.5. The van der Waals surface area contributed by atoms with Crippen molar-refractivity contribution < 1.29 is 4.74 Å². The van der Waals surface area contributed by atoms with Crippen LogP contribution in [0, 0.1) is 5.41 Å². The van der Waals surface area contributed by atoms with E-state index in [1.165, 1.54) is 45.6 Å². The lowest BCUT2D eigenvalue weighted by Gasteiger charge is -2.33. The molecule has 3 fully saturated rings. The maximum atomic E-state index is 5.42. The summed E-state index contributed by atoms with van der Waals surface area (Å²) in [5.41, 5.74) is 0.871. The minimum atomic E-state index is 0.261. The third-order valence-electron chi connectivity index (χ3n) is 4.91. The molecular weight excluding hydrogens is 238 g/mol. The van der Waals surface area contributed by atoms with Gasteiger partial charge in [0.25, 0.3) is 0 Å². The van der Waals surface area contributed by atoms with Crippen molar-refractivity contribution in [1.82, 2.24) is 15.1 Å². The zero-order valence-electron chi connectivity index (χ0n) is 12.6. The Labute approximate surface area is 117 Å². The monoisotopic (exact) mass is 267 g/mol. The van der Waals surface area contributed by atoms with E-state index in [0.29, 0.717) is 5.41 Å². The lowest BCUT2D eigenvalue weighted by atomic mass is 10.1. The normalized spacial score (nSPS) is 31.3. The van der Waals surface area contributed by atoms with Gasteiger partial charge in [-0.15, -0.1) is 0 Å². The first kappa shape index (κ1) is 13.8. The van der Waals surface area contributed by atoms with Crippen LogP contribution in [-0.2, 0) is 4.74 Å². The van der Waals surface area contributed by atoms with Crippen molar-refractivity contribution in [2.45, 2.75) is 32.2 Å². The van der Waals surface area contributed by atoms with Crippen molar-refractivity contribution in [1.29, 1.82) is 0 Å². The molecule has 19 heavy (non-hydrogen) atoms. The molecule has 2 saturated heterocycles. The van der Waals surface area contributed by atoms with Crippen LogP contribution < -0.4 is 5.32 Å². The molecule has 110 valence electrons. The Balaban J connectivity index is 1.52. The standard InChI is InChI=1S/C15H29N3O/c1-14(2)12-18(13-15(3-4-15)11-16-14)6-5-17-7-9-19-10-8-17/h16H,3-13H2,1-2H3. The molecule has 1 aliphatic carbocycles. The van der Waals surface area contributed by atoms with Crippen molar-refractivity contribution in [2.24, 2.45) is 5.41 Å². The molecule has 2 aliphatic heterocycles. The molecule has 2 heterocycles. The van der Waals surface area contributed by atoms with Gasteiger partial charge in [0.15, 0.2) is 0 Å². The van der Waals surface area contributed by atoms with Crippen molar-refractivity contribution in [3.05, 3.63) is 0 Å². The predicted octanol–water partition coefficient (Wildman–Crippen LogP) is 0.783. The van der Waals surface area contributed by atoms with Crippen LogP contribution in [0.3, 0.4) is 0 Å². The molecule has 1 spiro atoms. The van der Waals surface area contributed by atoms with Crippen molar-refractivity contribution in [2.75, 3.05) is 59.0 Å². The van der Waals surface area contributed by atoms with Gasteiger partial charge in [-0.1, -0.05) is 0 Å². The number of nitrogens with zero attached hydrogens (tertiary/aromatic N) is 2. The maximum absolute atomic E-state index is 5.42. The van der Waals surface area contributed by atoms with E-state index in [2.05, 4.69) is 29.0 Å². The van der Waals surface area contributed by atoms with Gasteiger partial charge in [-0.05, 0) is 32.1 Å². The average molecular weight is 267 g/mol. The van der Waals surface area contributed by atoms with Gasteiger partial charge in [0.1, 0.15) is 0 Å². The summed E-state index contributed by atoms with van der Waals surface area (Å²) in [6.07, 6.45) is 2.84. The van der Waals surface area contributed by atoms with Crippen LogP contribution in [0.2, 0.25) is 0 Å². The summed E-state index contributed by atoms with van der Waals surface area (Å²) in [6.45, 7) is 14.9. The second-order valence-electron chi connectivity index (χ2n) is 7.40. The van der Waals surface area contributed by atoms with Crippen molar-refractivity contribution in [3.8, 4) is 0 Å². The van der Waals surface area contributed by atoms with Crippen LogP contribution in [0.4, 0.5) is 0 Å². The highest BCUT2D eigenvalue weighted by molar-refractivity contribution is 5.02. The number of morpholine rings is 1. The molecule has 0 atom stereocenters. The molecule has 4 heteroatoms. The average Bonchev–Trinajstić information content (AvgIpc) is 3.16. The third-order valence-corrected chi connectivity index (χ3v) is 4.91. The number of hydrogen-bond donors (Lipinski definition) is 1. The third kappa shape index (κ3) is 3.69. The summed E-state index contributed by atoms with van der Waals surface area (Å²) in [6, 6.07) is 0. The Morgan fingerprint density at radius 1 is 1.00 bits per heavy atom. The fourth-order valence-electron chi connectivity index (χ4n) is 3.41. The molecule has 1 saturated carbocycles. The summed E-state index contributed by atoms with van der Waals surface area (Å²) < 4.78 is 5.42. The van der Waals surface area contributed by atoms with Gasteiger partial charge >= 0.3 is 0 Å². The second-order valence-corrected chi connectivity index (χ2v) is 7.40. The van der Waals surface area contributed by atoms with Crippen LogP contribution in [0.5, 0.6) is 0 Å². The Kier molecular flexibility index (Phi) is 3.87. The molecule has 3 aliphatic rings. The van der Waals surface area contributed by atoms with Gasteiger partial charge in [-0.2, -0.15) is 0 Å². The van der Waals surface area contributed by atoms with Crippen molar-refractivity contribution in [3.63, 3.8) is 0 Å². The van der Waals surface area contributed by atoms with Crippen LogP contribution in [0.15, 0.2) is 0 Å². The van der Waals surface area contributed by atoms with Crippen LogP contribution in [-0.4, -0.2) is 74.4 Å². The number of nitrogens with one attached hydrogen (secondary N) is 1. The molecule has 1 N–H and O–H groups in total. The van der Waals surface area contributed by atoms with E-state index < -0.39 is 0 Å². The first-order valence-corrected chi connectivity index (χ1v) is 7.85. The SMILES string of the molecule is CC1(C)CN(CCN2CCOCC2)CC2(CC2)CN1. The summed E-state index contributed by atoms with van der Waals surface area (Å²) in [7, 11) is 0. The minimum absolute atomic E-state index is 0.261. The molecule has 0 bridgehead atoms. The molecule has 4 nitrogen and oxygen atoms in total. The van der Waals surface area contributed by atoms with Crippen LogP contribution >= 0.6 is 0 Å². The lowest BCUT2D eigenvalue weighted by Crippen LogP contribution is -2.48. The lowest BCUT2D eigenvalue weighted by molar-refractivity contribution is 0.0320. The highest BCUT2D eigenvalue weighted by Crippen LogP contribution is 2.47. The minimum Gasteiger partial charge on any atom is -0.379 e. The van der Waals surface area contributed by atoms with Gasteiger partial charge in [-0.25, -0.2) is 0 Å². The first-order chi connectivity index (χ1) is 9.07. The summed E-state index contributed by atoms with van der Waals surface area (Å²) in [4.78, 5) is 5.25. The van der Waals surface area contributed by atoms with Gasteiger partial charge in [0.05, 0.1) is 13.2 Å². The summed E-state index contributed by atoms with van der Waals surface area (Å²) in [5, 5.41) is 3.77. The molecule has 0 amide bonds. The smallest absolute Gasteiger partial charge is 0.0594 e. The van der Waals surface area contributed by atoms with E-state index in [4.69, 9.17) is 4.74 Å². The highest BCUT2D eigenvalue weighted by Gasteiger charge is 2.46. The van der Waals surface area contributed by atoms with Crippen LogP contribution in [0.1, 0.15) is 26.7 Å². The zero-order valence-corrected chi connectivity index (χ0v) is 12.6. The Bertz CT molecular complexity index is 301. The van der Waals surface area contributed by atoms with E-state index in [1.54, 1.807) is 0 Å². The van der Waals surface area contributed by atoms with Crippen molar-refractivity contribution >= 4 is 0 Å². The Morgan fingerprint density at radius 2 is 1.68 bits per heavy atom. The van der Waals surface area contributed by atoms with Crippen LogP contribution in [0.25, 0.3) is 0 Å². The second kappa shape index (κ2) is 5.32. The molecule has 0 radical (unpaired) electrons. The molecule has 0 aromatic rings. The van der Waals surface area contributed by atoms with Gasteiger partial charge in [0.2, 0.25) is 0 Å². The predicted molar refractivity (Wildman–Crippen MR) is 77.4 cm³/mol. The Morgan fingerprint density at radius 3 is 2.37 bits per heavy atom. The van der Waals surface area contributed by atoms with E-state index in [1.807, 2.05) is 0 Å². The van der Waals surface area contributed by atoms with Gasteiger partial charge < -0.3 is 10.1 Å². The van der Waals surface area contributed by atoms with Gasteiger partial charge in [-0.3, -0.25) is 9.80 Å². The topological polar surface area (TPSA) is 27.7 Å². The maximum Gasteiger partial charge on any atom is 0.0594 e. The molecule has 3 rings (SSSR count). The fourth-order valence-corrected chi connectivity index (χ4v) is 3.41. The zero-order chi connectivity index (χ0) is 13.3. The summed E-state index contributed by atoms with van der Waals surface area (Å²) in [5.74, 6) is 0. The fraction of sp³-hybridized carbons (Fsp3) is 1.00. The molecule has 0 unspecified atom stereocenters. The largest absolute Gasteiger partial charge is 0.379 e. The molecule has 0 aromatic carbocycles. The number of hydrogen-bond acceptors (Lipinski definition) is 4. The Hall–Kier alpha value is -0.160. The molecule has 0 aromatic heterocycles. The van der Waals surface area contributed by atoms with Gasteiger partial charge in [0, 0.05) is 51.4 Å². The number of rotatable bonds is 3. The number of ether oxygens (including phenoxy) is 1. The first-order valence-electron chi connectivity index (χ1n) is 7.85. The molecular formula is C15H29N3O. The quantitative estimate of drug-likeness (QED) is 0.818. The van der Waals surface area contributed by atoms with E-state index in [9.17, 15) is 0 Å². The van der Waals surface area contributed by atoms with E-state index >= 15 is 0 Å².